The number of nitrogens with one attached hydrogen (secondary N) is 3. The van der Waals surface area contributed by atoms with E-state index >= 15 is 0 Å². The van der Waals surface area contributed by atoms with Gasteiger partial charge in [-0.25, -0.2) is 18.2 Å². The lowest BCUT2D eigenvalue weighted by Gasteiger charge is -2.28. The van der Waals surface area contributed by atoms with Gasteiger partial charge in [-0.2, -0.15) is 0 Å². The molecule has 3 saturated carbocycles. The fourth-order valence-corrected chi connectivity index (χ4v) is 10.3. The Kier molecular flexibility index (Phi) is 12.2. The van der Waals surface area contributed by atoms with Gasteiger partial charge in [0.1, 0.15) is 34.6 Å². The van der Waals surface area contributed by atoms with E-state index in [0.29, 0.717) is 53.8 Å². The number of rotatable bonds is 10. The molecule has 13 nitrogen and oxygen atoms in total. The Labute approximate surface area is 331 Å². The van der Waals surface area contributed by atoms with Crippen LogP contribution in [0.25, 0.3) is 10.9 Å². The molecule has 4 amide bonds. The third-order valence-corrected chi connectivity index (χ3v) is 14.4. The molecule has 0 radical (unpaired) electrons. The number of nitrogens with zero attached hydrogens (tertiary/aromatic N) is 2. The largest absolute Gasteiger partial charge is 0.488 e. The lowest BCUT2D eigenvalue weighted by Crippen LogP contribution is -2.56. The van der Waals surface area contributed by atoms with Crippen molar-refractivity contribution in [3.63, 3.8) is 0 Å². The molecule has 1 aromatic heterocycles. The summed E-state index contributed by atoms with van der Waals surface area (Å²) in [4.78, 5) is 61.6. The lowest BCUT2D eigenvalue weighted by molar-refractivity contribution is -0.140. The number of ether oxygens (including phenoxy) is 2. The highest BCUT2D eigenvalue weighted by molar-refractivity contribution is 7.99. The second kappa shape index (κ2) is 16.9. The number of halogens is 1. The van der Waals surface area contributed by atoms with Crippen LogP contribution in [0.15, 0.2) is 41.4 Å². The first-order valence-corrected chi connectivity index (χ1v) is 22.6. The Morgan fingerprint density at radius 2 is 1.87 bits per heavy atom. The summed E-state index contributed by atoms with van der Waals surface area (Å²) in [5, 5.41) is 7.14. The maximum Gasteiger partial charge on any atom is 0.407 e. The number of allylic oxidation sites excluding steroid dienone is 1. The lowest BCUT2D eigenvalue weighted by atomic mass is 10.0. The van der Waals surface area contributed by atoms with Crippen molar-refractivity contribution in [2.24, 2.45) is 5.92 Å². The van der Waals surface area contributed by atoms with E-state index in [1.165, 1.54) is 4.90 Å². The molecule has 16 heteroatoms. The number of para-hydroxylation sites is 1. The number of hydrogen-bond donors (Lipinski definition) is 3. The minimum Gasteiger partial charge on any atom is -0.488 e. The van der Waals surface area contributed by atoms with E-state index in [1.54, 1.807) is 17.8 Å². The molecule has 3 heterocycles. The minimum atomic E-state index is -3.88. The van der Waals surface area contributed by atoms with E-state index in [0.717, 1.165) is 49.3 Å². The van der Waals surface area contributed by atoms with Gasteiger partial charge in [-0.3, -0.25) is 19.1 Å². The number of carbonyl (C=O) groups excluding carboxylic acids is 4. The zero-order valence-corrected chi connectivity index (χ0v) is 33.5. The van der Waals surface area contributed by atoms with Crippen LogP contribution < -0.4 is 20.1 Å². The maximum atomic E-state index is 14.4. The van der Waals surface area contributed by atoms with E-state index in [2.05, 4.69) is 22.3 Å². The smallest absolute Gasteiger partial charge is 0.407 e. The number of aromatic nitrogens is 1. The van der Waals surface area contributed by atoms with Gasteiger partial charge in [0.2, 0.25) is 21.8 Å². The van der Waals surface area contributed by atoms with Crippen LogP contribution in [0, 0.1) is 5.92 Å². The highest BCUT2D eigenvalue weighted by Gasteiger charge is 2.62. The fourth-order valence-electron chi connectivity index (χ4n) is 7.92. The van der Waals surface area contributed by atoms with Crippen LogP contribution in [0.2, 0.25) is 5.02 Å². The van der Waals surface area contributed by atoms with Gasteiger partial charge in [-0.05, 0) is 88.5 Å². The topological polar surface area (TPSA) is 173 Å². The molecule has 0 unspecified atom stereocenters. The summed E-state index contributed by atoms with van der Waals surface area (Å²) in [6.45, 7) is 2.15. The van der Waals surface area contributed by atoms with E-state index < -0.39 is 62.8 Å². The monoisotopic (exact) mass is 815 g/mol. The SMILES string of the molecule is CCCSc1cc(O[C@@H]2C[C@H]3C(=O)N[C@]4(C(=O)NS(=O)(=O)C5CC5)C[C@@H]4/C=C\CCCC[C@H](NC(=O)OC4CCCC4)CC(=O)N3C2)c2cccc(Cl)c2n1. The average molecular weight is 816 g/mol. The van der Waals surface area contributed by atoms with Crippen LogP contribution in [0.5, 0.6) is 5.75 Å². The molecule has 3 N–H and O–H groups in total. The minimum absolute atomic E-state index is 0.0639. The molecule has 7 rings (SSSR count). The molecule has 1 saturated heterocycles. The summed E-state index contributed by atoms with van der Waals surface area (Å²) >= 11 is 8.16. The molecular formula is C39H50ClN5O8S2. The van der Waals surface area contributed by atoms with Crippen LogP contribution in [0.3, 0.4) is 0 Å². The van der Waals surface area contributed by atoms with Crippen molar-refractivity contribution in [1.29, 1.82) is 0 Å². The third kappa shape index (κ3) is 9.36. The molecule has 1 aromatic carbocycles. The molecule has 298 valence electrons. The highest BCUT2D eigenvalue weighted by atomic mass is 35.5. The van der Waals surface area contributed by atoms with Crippen LogP contribution in [-0.4, -0.2) is 89.5 Å². The second-order valence-electron chi connectivity index (χ2n) is 15.5. The number of pyridine rings is 1. The summed E-state index contributed by atoms with van der Waals surface area (Å²) in [6.07, 6.45) is 11.0. The fraction of sp³-hybridized carbons (Fsp3) is 0.615. The number of benzene rings is 1. The summed E-state index contributed by atoms with van der Waals surface area (Å²) < 4.78 is 40.2. The maximum absolute atomic E-state index is 14.4. The third-order valence-electron chi connectivity index (χ3n) is 11.2. The molecule has 2 aromatic rings. The van der Waals surface area contributed by atoms with Gasteiger partial charge in [0.05, 0.1) is 22.3 Å². The molecule has 5 atom stereocenters. The molecule has 0 bridgehead atoms. The Morgan fingerprint density at radius 3 is 2.64 bits per heavy atom. The zero-order valence-electron chi connectivity index (χ0n) is 31.1. The number of fused-ring (bicyclic) bond motifs is 3. The number of sulfonamides is 1. The van der Waals surface area contributed by atoms with E-state index in [9.17, 15) is 27.6 Å². The van der Waals surface area contributed by atoms with Gasteiger partial charge in [0.15, 0.2) is 0 Å². The van der Waals surface area contributed by atoms with Gasteiger partial charge in [0.25, 0.3) is 5.91 Å². The van der Waals surface area contributed by atoms with Crippen LogP contribution >= 0.6 is 23.4 Å². The van der Waals surface area contributed by atoms with Gasteiger partial charge in [0, 0.05) is 36.3 Å². The number of hydrogen-bond acceptors (Lipinski definition) is 10. The second-order valence-corrected chi connectivity index (χ2v) is 19.0. The number of amides is 4. The predicted octanol–water partition coefficient (Wildman–Crippen LogP) is 5.78. The Bertz CT molecular complexity index is 1940. The molecule has 55 heavy (non-hydrogen) atoms. The van der Waals surface area contributed by atoms with Crippen molar-refractivity contribution in [2.75, 3.05) is 12.3 Å². The average Bonchev–Trinajstić information content (AvgIpc) is 4.02. The van der Waals surface area contributed by atoms with Crippen LogP contribution in [0.4, 0.5) is 4.79 Å². The van der Waals surface area contributed by atoms with Gasteiger partial charge < -0.3 is 25.0 Å². The van der Waals surface area contributed by atoms with Gasteiger partial charge in [-0.15, -0.1) is 11.8 Å². The van der Waals surface area contributed by atoms with Gasteiger partial charge >= 0.3 is 6.09 Å². The highest BCUT2D eigenvalue weighted by Crippen LogP contribution is 2.46. The normalized spacial score (nSPS) is 28.3. The first kappa shape index (κ1) is 39.7. The Hall–Kier alpha value is -3.56. The van der Waals surface area contributed by atoms with Crippen molar-refractivity contribution >= 4 is 68.1 Å². The molecule has 4 fully saturated rings. The first-order valence-electron chi connectivity index (χ1n) is 19.7. The van der Waals surface area contributed by atoms with Crippen molar-refractivity contribution < 1.29 is 37.1 Å². The van der Waals surface area contributed by atoms with Crippen molar-refractivity contribution in [2.45, 2.75) is 137 Å². The molecule has 0 spiro atoms. The number of alkyl carbamates (subject to hydrolysis) is 1. The van der Waals surface area contributed by atoms with Crippen LogP contribution in [0.1, 0.15) is 96.8 Å². The molecule has 2 aliphatic heterocycles. The van der Waals surface area contributed by atoms with E-state index in [4.69, 9.17) is 26.1 Å². The summed E-state index contributed by atoms with van der Waals surface area (Å²) in [7, 11) is -3.88. The molecular weight excluding hydrogens is 766 g/mol. The molecule has 5 aliphatic rings. The first-order chi connectivity index (χ1) is 26.5. The van der Waals surface area contributed by atoms with E-state index in [1.807, 2.05) is 30.4 Å². The van der Waals surface area contributed by atoms with Crippen molar-refractivity contribution in [1.82, 2.24) is 25.2 Å². The summed E-state index contributed by atoms with van der Waals surface area (Å²) in [5.41, 5.74) is -0.886. The summed E-state index contributed by atoms with van der Waals surface area (Å²) in [6, 6.07) is 5.74. The Morgan fingerprint density at radius 1 is 1.09 bits per heavy atom. The van der Waals surface area contributed by atoms with Gasteiger partial charge in [-0.1, -0.05) is 43.2 Å². The van der Waals surface area contributed by atoms with Crippen molar-refractivity contribution in [3.05, 3.63) is 41.4 Å². The Balaban J connectivity index is 1.16. The number of thioether (sulfide) groups is 1. The standard InChI is InChI=1S/C39H50ClN5O8S2/c1-2-18-54-33-21-32(29-14-9-15-30(40)35(29)42-33)52-27-20-31-36(47)43-39(37(48)44-55(50,51)28-16-17-28)22-24(39)10-5-3-4-6-11-25(19-34(46)45(31)23-27)41-38(49)53-26-12-7-8-13-26/h5,9-10,14-15,21,24-28,31H,2-4,6-8,11-13,16-20,22-23H2,1H3,(H,41,49)(H,43,47)(H,44,48)/b10-5-/t24-,25-,27+,31-,39+/m0/s1. The van der Waals surface area contributed by atoms with Crippen molar-refractivity contribution in [3.8, 4) is 5.75 Å². The molecule has 3 aliphatic carbocycles. The number of carbonyl (C=O) groups is 4. The van der Waals surface area contributed by atoms with E-state index in [-0.39, 0.29) is 37.8 Å². The summed E-state index contributed by atoms with van der Waals surface area (Å²) in [5.74, 6) is -0.745. The quantitative estimate of drug-likeness (QED) is 0.197. The predicted molar refractivity (Wildman–Crippen MR) is 209 cm³/mol. The van der Waals surface area contributed by atoms with Crippen LogP contribution in [-0.2, 0) is 29.1 Å². The zero-order chi connectivity index (χ0) is 38.7.